The molecule has 1 heterocycles. The Hall–Kier alpha value is -1.90. The number of nitrogens with zero attached hydrogens (tertiary/aromatic N) is 1. The van der Waals surface area contributed by atoms with Crippen LogP contribution < -0.4 is 0 Å². The summed E-state index contributed by atoms with van der Waals surface area (Å²) in [5.41, 5.74) is 1.93. The summed E-state index contributed by atoms with van der Waals surface area (Å²) >= 11 is 0. The number of hydrogen-bond donors (Lipinski definition) is 1. The van der Waals surface area contributed by atoms with Crippen molar-refractivity contribution >= 4 is 16.9 Å². The zero-order valence-corrected chi connectivity index (χ0v) is 8.18. The van der Waals surface area contributed by atoms with Gasteiger partial charge in [0.15, 0.2) is 0 Å². The molecule has 0 saturated carbocycles. The molecule has 3 heteroatoms. The summed E-state index contributed by atoms with van der Waals surface area (Å²) < 4.78 is 0. The monoisotopic (exact) mass is 201 g/mol. The molecular weight excluding hydrogens is 190 g/mol. The van der Waals surface area contributed by atoms with Crippen LogP contribution in [0.3, 0.4) is 0 Å². The van der Waals surface area contributed by atoms with Crippen LogP contribution >= 0.6 is 0 Å². The third-order valence-corrected chi connectivity index (χ3v) is 2.30. The molecule has 0 spiro atoms. The van der Waals surface area contributed by atoms with Crippen molar-refractivity contribution in [2.45, 2.75) is 12.8 Å². The van der Waals surface area contributed by atoms with E-state index in [0.29, 0.717) is 6.42 Å². The van der Waals surface area contributed by atoms with Gasteiger partial charge in [-0.15, -0.1) is 0 Å². The molecule has 0 aliphatic heterocycles. The third-order valence-electron chi connectivity index (χ3n) is 2.30. The molecule has 2 aromatic rings. The normalized spacial score (nSPS) is 10.4. The van der Waals surface area contributed by atoms with Crippen molar-refractivity contribution < 1.29 is 9.90 Å². The Balaban J connectivity index is 2.26. The Morgan fingerprint density at radius 3 is 3.00 bits per heavy atom. The Kier molecular flexibility index (Phi) is 2.63. The molecule has 3 nitrogen and oxygen atoms in total. The molecule has 1 N–H and O–H groups in total. The van der Waals surface area contributed by atoms with Crippen molar-refractivity contribution in [2.24, 2.45) is 0 Å². The van der Waals surface area contributed by atoms with Gasteiger partial charge in [0.25, 0.3) is 0 Å². The van der Waals surface area contributed by atoms with E-state index in [2.05, 4.69) is 4.98 Å². The highest BCUT2D eigenvalue weighted by Crippen LogP contribution is 2.14. The van der Waals surface area contributed by atoms with Gasteiger partial charge in [-0.3, -0.25) is 9.78 Å². The van der Waals surface area contributed by atoms with Crippen molar-refractivity contribution in [3.63, 3.8) is 0 Å². The summed E-state index contributed by atoms with van der Waals surface area (Å²) in [7, 11) is 0. The van der Waals surface area contributed by atoms with Crippen molar-refractivity contribution in [1.82, 2.24) is 4.98 Å². The molecule has 0 bridgehead atoms. The van der Waals surface area contributed by atoms with E-state index in [1.807, 2.05) is 30.3 Å². The minimum absolute atomic E-state index is 0.165. The van der Waals surface area contributed by atoms with Gasteiger partial charge in [0, 0.05) is 18.0 Å². The number of carboxylic acid groups (broad SMARTS) is 1. The number of carboxylic acids is 1. The standard InChI is InChI=1S/C12H11NO2/c14-12(15)6-4-9-3-5-10-2-1-7-13-11(10)8-9/h1-3,5,7-8H,4,6H2,(H,14,15). The third kappa shape index (κ3) is 2.31. The molecule has 0 saturated heterocycles. The first-order valence-electron chi connectivity index (χ1n) is 4.81. The van der Waals surface area contributed by atoms with Crippen LogP contribution in [0.25, 0.3) is 10.9 Å². The van der Waals surface area contributed by atoms with E-state index in [1.54, 1.807) is 6.20 Å². The second-order valence-corrected chi connectivity index (χ2v) is 3.42. The van der Waals surface area contributed by atoms with Gasteiger partial charge in [-0.25, -0.2) is 0 Å². The smallest absolute Gasteiger partial charge is 0.303 e. The molecule has 76 valence electrons. The van der Waals surface area contributed by atoms with E-state index in [-0.39, 0.29) is 6.42 Å². The molecule has 0 aliphatic carbocycles. The fourth-order valence-electron chi connectivity index (χ4n) is 1.52. The van der Waals surface area contributed by atoms with Crippen LogP contribution in [0.15, 0.2) is 36.5 Å². The van der Waals surface area contributed by atoms with Gasteiger partial charge in [-0.05, 0) is 24.1 Å². The summed E-state index contributed by atoms with van der Waals surface area (Å²) in [5, 5.41) is 9.65. The van der Waals surface area contributed by atoms with Crippen LogP contribution in [0.1, 0.15) is 12.0 Å². The summed E-state index contributed by atoms with van der Waals surface area (Å²) in [5.74, 6) is -0.767. The molecule has 1 aromatic carbocycles. The van der Waals surface area contributed by atoms with E-state index in [9.17, 15) is 4.79 Å². The predicted octanol–water partition coefficient (Wildman–Crippen LogP) is 2.25. The average molecular weight is 201 g/mol. The number of aliphatic carboxylic acids is 1. The number of pyridine rings is 1. The number of benzene rings is 1. The van der Waals surface area contributed by atoms with Crippen molar-refractivity contribution in [3.8, 4) is 0 Å². The zero-order valence-electron chi connectivity index (χ0n) is 8.18. The lowest BCUT2D eigenvalue weighted by Crippen LogP contribution is -1.97. The maximum Gasteiger partial charge on any atom is 0.303 e. The molecule has 15 heavy (non-hydrogen) atoms. The van der Waals surface area contributed by atoms with E-state index < -0.39 is 5.97 Å². The molecule has 0 atom stereocenters. The highest BCUT2D eigenvalue weighted by Gasteiger charge is 2.00. The number of hydrogen-bond acceptors (Lipinski definition) is 2. The number of aromatic nitrogens is 1. The second kappa shape index (κ2) is 4.09. The lowest BCUT2D eigenvalue weighted by Gasteiger charge is -2.01. The zero-order chi connectivity index (χ0) is 10.7. The topological polar surface area (TPSA) is 50.2 Å². The molecule has 0 amide bonds. The van der Waals surface area contributed by atoms with Gasteiger partial charge in [-0.2, -0.15) is 0 Å². The minimum atomic E-state index is -0.767. The molecule has 0 fully saturated rings. The largest absolute Gasteiger partial charge is 0.481 e. The Bertz CT molecular complexity index is 494. The highest BCUT2D eigenvalue weighted by atomic mass is 16.4. The van der Waals surface area contributed by atoms with Crippen LogP contribution in [-0.4, -0.2) is 16.1 Å². The number of rotatable bonds is 3. The summed E-state index contributed by atoms with van der Waals surface area (Å²) in [6.45, 7) is 0. The van der Waals surface area contributed by atoms with Crippen LogP contribution in [0.2, 0.25) is 0 Å². The van der Waals surface area contributed by atoms with Gasteiger partial charge < -0.3 is 5.11 Å². The summed E-state index contributed by atoms with van der Waals surface area (Å²) in [6.07, 6.45) is 2.46. The van der Waals surface area contributed by atoms with Crippen LogP contribution in [0.4, 0.5) is 0 Å². The lowest BCUT2D eigenvalue weighted by atomic mass is 10.1. The summed E-state index contributed by atoms with van der Waals surface area (Å²) in [6, 6.07) is 9.74. The maximum atomic E-state index is 10.4. The van der Waals surface area contributed by atoms with E-state index in [4.69, 9.17) is 5.11 Å². The van der Waals surface area contributed by atoms with Crippen molar-refractivity contribution in [3.05, 3.63) is 42.1 Å². The highest BCUT2D eigenvalue weighted by molar-refractivity contribution is 5.79. The predicted molar refractivity (Wildman–Crippen MR) is 57.7 cm³/mol. The minimum Gasteiger partial charge on any atom is -0.481 e. The number of fused-ring (bicyclic) bond motifs is 1. The van der Waals surface area contributed by atoms with Crippen molar-refractivity contribution in [2.75, 3.05) is 0 Å². The van der Waals surface area contributed by atoms with Gasteiger partial charge >= 0.3 is 5.97 Å². The van der Waals surface area contributed by atoms with Crippen LogP contribution in [0, 0.1) is 0 Å². The van der Waals surface area contributed by atoms with E-state index >= 15 is 0 Å². The molecular formula is C12H11NO2. The number of aryl methyl sites for hydroxylation is 1. The SMILES string of the molecule is O=C(O)CCc1ccc2cccnc2c1. The second-order valence-electron chi connectivity index (χ2n) is 3.42. The van der Waals surface area contributed by atoms with Crippen molar-refractivity contribution in [1.29, 1.82) is 0 Å². The van der Waals surface area contributed by atoms with Crippen LogP contribution in [-0.2, 0) is 11.2 Å². The Morgan fingerprint density at radius 2 is 2.20 bits per heavy atom. The van der Waals surface area contributed by atoms with Crippen LogP contribution in [0.5, 0.6) is 0 Å². The van der Waals surface area contributed by atoms with Gasteiger partial charge in [0.1, 0.15) is 0 Å². The molecule has 1 aromatic heterocycles. The van der Waals surface area contributed by atoms with Gasteiger partial charge in [-0.1, -0.05) is 18.2 Å². The first-order valence-corrected chi connectivity index (χ1v) is 4.81. The van der Waals surface area contributed by atoms with E-state index in [0.717, 1.165) is 16.5 Å². The Labute approximate surface area is 87.4 Å². The quantitative estimate of drug-likeness (QED) is 0.828. The van der Waals surface area contributed by atoms with Gasteiger partial charge in [0.05, 0.1) is 5.52 Å². The first kappa shape index (κ1) is 9.65. The molecule has 0 aliphatic rings. The molecule has 0 radical (unpaired) electrons. The van der Waals surface area contributed by atoms with E-state index in [1.165, 1.54) is 0 Å². The first-order chi connectivity index (χ1) is 7.25. The van der Waals surface area contributed by atoms with Gasteiger partial charge in [0.2, 0.25) is 0 Å². The average Bonchev–Trinajstić information content (AvgIpc) is 2.26. The Morgan fingerprint density at radius 1 is 1.33 bits per heavy atom. The summed E-state index contributed by atoms with van der Waals surface area (Å²) in [4.78, 5) is 14.6. The maximum absolute atomic E-state index is 10.4. The molecule has 0 unspecified atom stereocenters. The lowest BCUT2D eigenvalue weighted by molar-refractivity contribution is -0.136. The fourth-order valence-corrected chi connectivity index (χ4v) is 1.52. The fraction of sp³-hybridized carbons (Fsp3) is 0.167. The number of carbonyl (C=O) groups is 1. The molecule has 2 rings (SSSR count).